The number of carbonyl (C=O) groups is 2. The second-order valence-corrected chi connectivity index (χ2v) is 11.6. The maximum absolute atomic E-state index is 13.9. The molecule has 2 aliphatic rings. The fraction of sp³-hybridized carbons (Fsp3) is 0.533. The van der Waals surface area contributed by atoms with Crippen molar-refractivity contribution in [3.05, 3.63) is 64.7 Å². The molecule has 0 aromatic heterocycles. The number of benzene rings is 2. The highest BCUT2D eigenvalue weighted by Gasteiger charge is 2.60. The summed E-state index contributed by atoms with van der Waals surface area (Å²) in [6, 6.07) is 14.1. The van der Waals surface area contributed by atoms with Crippen LogP contribution in [0.15, 0.2) is 48.5 Å². The Morgan fingerprint density at radius 3 is 2.05 bits per heavy atom. The smallest absolute Gasteiger partial charge is 0.373 e. The number of anilines is 1. The molecule has 2 aromatic rings. The van der Waals surface area contributed by atoms with Crippen molar-refractivity contribution in [2.45, 2.75) is 50.3 Å². The standard InChI is InChI=1S/C30H37ClF3N3O3/c1-35(2)27(38)25-9-8-24(20-26(25)31)36-16-11-22(12-17-36)23-13-18-37(19-14-23)28(39)29(40,30(32,33)34)15-10-21-6-4-3-5-7-21/h3-9,20,22-23,40H,10-19H2,1-2H3. The van der Waals surface area contributed by atoms with E-state index in [1.165, 1.54) is 9.80 Å². The Morgan fingerprint density at radius 1 is 0.950 bits per heavy atom. The van der Waals surface area contributed by atoms with E-state index in [9.17, 15) is 27.9 Å². The minimum atomic E-state index is -5.05. The number of likely N-dealkylation sites (tertiary alicyclic amines) is 1. The van der Waals surface area contributed by atoms with Crippen molar-refractivity contribution in [1.29, 1.82) is 0 Å². The summed E-state index contributed by atoms with van der Waals surface area (Å²) in [6.45, 7) is 2.05. The third-order valence-electron chi connectivity index (χ3n) is 8.43. The number of hydrogen-bond acceptors (Lipinski definition) is 4. The van der Waals surface area contributed by atoms with Gasteiger partial charge in [-0.25, -0.2) is 0 Å². The Bertz CT molecular complexity index is 1180. The first-order valence-electron chi connectivity index (χ1n) is 13.8. The molecule has 218 valence electrons. The van der Waals surface area contributed by atoms with Crippen LogP contribution in [0.2, 0.25) is 5.02 Å². The Labute approximate surface area is 238 Å². The van der Waals surface area contributed by atoms with E-state index in [0.29, 0.717) is 40.8 Å². The number of aliphatic hydroxyl groups is 1. The van der Waals surface area contributed by atoms with E-state index in [0.717, 1.165) is 31.6 Å². The molecule has 10 heteroatoms. The molecule has 1 unspecified atom stereocenters. The number of halogens is 4. The molecule has 0 bridgehead atoms. The van der Waals surface area contributed by atoms with Crippen LogP contribution in [0.25, 0.3) is 0 Å². The summed E-state index contributed by atoms with van der Waals surface area (Å²) in [5.41, 5.74) is -1.33. The molecule has 2 aliphatic heterocycles. The predicted molar refractivity (Wildman–Crippen MR) is 149 cm³/mol. The molecule has 4 rings (SSSR count). The summed E-state index contributed by atoms with van der Waals surface area (Å²) in [5.74, 6) is -0.654. The van der Waals surface area contributed by atoms with Gasteiger partial charge in [-0.05, 0) is 74.1 Å². The van der Waals surface area contributed by atoms with Gasteiger partial charge in [0.05, 0.1) is 10.6 Å². The van der Waals surface area contributed by atoms with E-state index in [-0.39, 0.29) is 25.4 Å². The van der Waals surface area contributed by atoms with Crippen molar-refractivity contribution in [2.75, 3.05) is 45.2 Å². The maximum Gasteiger partial charge on any atom is 0.426 e. The average Bonchev–Trinajstić information content (AvgIpc) is 2.95. The van der Waals surface area contributed by atoms with Crippen molar-refractivity contribution in [3.63, 3.8) is 0 Å². The van der Waals surface area contributed by atoms with Crippen molar-refractivity contribution in [1.82, 2.24) is 9.80 Å². The first-order valence-corrected chi connectivity index (χ1v) is 14.2. The van der Waals surface area contributed by atoms with Crippen LogP contribution in [0.3, 0.4) is 0 Å². The van der Waals surface area contributed by atoms with Crippen LogP contribution in [-0.4, -0.2) is 78.8 Å². The monoisotopic (exact) mass is 579 g/mol. The molecule has 0 saturated carbocycles. The van der Waals surface area contributed by atoms with Gasteiger partial charge in [0.1, 0.15) is 0 Å². The maximum atomic E-state index is 13.9. The fourth-order valence-corrected chi connectivity index (χ4v) is 6.18. The molecule has 0 radical (unpaired) electrons. The molecule has 1 atom stereocenters. The lowest BCUT2D eigenvalue weighted by Crippen LogP contribution is -2.59. The number of alkyl halides is 3. The van der Waals surface area contributed by atoms with Crippen LogP contribution in [-0.2, 0) is 11.2 Å². The largest absolute Gasteiger partial charge is 0.426 e. The van der Waals surface area contributed by atoms with Gasteiger partial charge in [-0.3, -0.25) is 9.59 Å². The fourth-order valence-electron chi connectivity index (χ4n) is 5.92. The zero-order valence-corrected chi connectivity index (χ0v) is 23.7. The highest BCUT2D eigenvalue weighted by atomic mass is 35.5. The molecule has 2 amide bonds. The summed E-state index contributed by atoms with van der Waals surface area (Å²) in [5, 5.41) is 11.0. The highest BCUT2D eigenvalue weighted by Crippen LogP contribution is 2.39. The van der Waals surface area contributed by atoms with Crippen molar-refractivity contribution in [3.8, 4) is 0 Å². The van der Waals surface area contributed by atoms with Gasteiger partial charge in [-0.1, -0.05) is 41.9 Å². The van der Waals surface area contributed by atoms with E-state index >= 15 is 0 Å². The Morgan fingerprint density at radius 2 is 1.52 bits per heavy atom. The second-order valence-electron chi connectivity index (χ2n) is 11.2. The Kier molecular flexibility index (Phi) is 9.35. The number of piperidine rings is 2. The van der Waals surface area contributed by atoms with Gasteiger partial charge in [0.25, 0.3) is 11.8 Å². The molecule has 2 aromatic carbocycles. The third-order valence-corrected chi connectivity index (χ3v) is 8.74. The number of rotatable bonds is 7. The van der Waals surface area contributed by atoms with Crippen molar-refractivity contribution < 1.29 is 27.9 Å². The molecular formula is C30H37ClF3N3O3. The first kappa shape index (κ1) is 30.2. The van der Waals surface area contributed by atoms with Gasteiger partial charge >= 0.3 is 6.18 Å². The quantitative estimate of drug-likeness (QED) is 0.476. The van der Waals surface area contributed by atoms with E-state index in [4.69, 9.17) is 11.6 Å². The molecule has 40 heavy (non-hydrogen) atoms. The summed E-state index contributed by atoms with van der Waals surface area (Å²) in [4.78, 5) is 30.2. The van der Waals surface area contributed by atoms with Crippen LogP contribution in [0.1, 0.15) is 48.0 Å². The van der Waals surface area contributed by atoms with Crippen LogP contribution < -0.4 is 4.90 Å². The zero-order valence-electron chi connectivity index (χ0n) is 23.0. The van der Waals surface area contributed by atoms with Crippen LogP contribution in [0.4, 0.5) is 18.9 Å². The normalized spacial score (nSPS) is 18.9. The molecule has 2 saturated heterocycles. The zero-order chi connectivity index (χ0) is 29.1. The van der Waals surface area contributed by atoms with Gasteiger partial charge in [-0.2, -0.15) is 13.2 Å². The number of carbonyl (C=O) groups excluding carboxylic acids is 2. The lowest BCUT2D eigenvalue weighted by molar-refractivity contribution is -0.258. The van der Waals surface area contributed by atoms with Crippen LogP contribution >= 0.6 is 11.6 Å². The summed E-state index contributed by atoms with van der Waals surface area (Å²) in [6.07, 6.45) is -2.70. The van der Waals surface area contributed by atoms with Crippen LogP contribution in [0.5, 0.6) is 0 Å². The molecule has 2 fully saturated rings. The lowest BCUT2D eigenvalue weighted by atomic mass is 9.78. The molecule has 2 heterocycles. The van der Waals surface area contributed by atoms with Gasteiger partial charge in [0, 0.05) is 46.0 Å². The molecule has 0 spiro atoms. The summed E-state index contributed by atoms with van der Waals surface area (Å²) >= 11 is 6.39. The molecule has 6 nitrogen and oxygen atoms in total. The Hall–Kier alpha value is -2.78. The van der Waals surface area contributed by atoms with Gasteiger partial charge in [0.15, 0.2) is 0 Å². The van der Waals surface area contributed by atoms with Crippen molar-refractivity contribution in [2.24, 2.45) is 11.8 Å². The first-order chi connectivity index (χ1) is 18.9. The van der Waals surface area contributed by atoms with Gasteiger partial charge in [-0.15, -0.1) is 0 Å². The average molecular weight is 580 g/mol. The molecule has 1 N–H and O–H groups in total. The minimum Gasteiger partial charge on any atom is -0.373 e. The summed E-state index contributed by atoms with van der Waals surface area (Å²) in [7, 11) is 3.36. The lowest BCUT2D eigenvalue weighted by Gasteiger charge is -2.42. The third kappa shape index (κ3) is 6.57. The predicted octanol–water partition coefficient (Wildman–Crippen LogP) is 5.42. The Balaban J connectivity index is 1.31. The SMILES string of the molecule is CN(C)C(=O)c1ccc(N2CCC(C3CCN(C(=O)C(O)(CCc4ccccc4)C(F)(F)F)CC3)CC2)cc1Cl. The van der Waals surface area contributed by atoms with Crippen LogP contribution in [0, 0.1) is 11.8 Å². The van der Waals surface area contributed by atoms with Gasteiger partial charge < -0.3 is 19.8 Å². The second kappa shape index (κ2) is 12.4. The summed E-state index contributed by atoms with van der Waals surface area (Å²) < 4.78 is 41.8. The van der Waals surface area contributed by atoms with E-state index in [2.05, 4.69) is 4.90 Å². The number of aryl methyl sites for hydroxylation is 1. The van der Waals surface area contributed by atoms with E-state index < -0.39 is 24.1 Å². The number of amides is 2. The number of hydrogen-bond donors (Lipinski definition) is 1. The topological polar surface area (TPSA) is 64.1 Å². The highest BCUT2D eigenvalue weighted by molar-refractivity contribution is 6.34. The van der Waals surface area contributed by atoms with E-state index in [1.807, 2.05) is 12.1 Å². The van der Waals surface area contributed by atoms with Gasteiger partial charge in [0.2, 0.25) is 5.60 Å². The van der Waals surface area contributed by atoms with Crippen molar-refractivity contribution >= 4 is 29.1 Å². The van der Waals surface area contributed by atoms with E-state index in [1.54, 1.807) is 50.5 Å². The minimum absolute atomic E-state index is 0.0441. The molecule has 0 aliphatic carbocycles. The molecular weight excluding hydrogens is 543 g/mol. The number of nitrogens with zero attached hydrogens (tertiary/aromatic N) is 3.